The predicted octanol–water partition coefficient (Wildman–Crippen LogP) is 2.62. The van der Waals surface area contributed by atoms with E-state index in [9.17, 15) is 4.79 Å². The molecular formula is C15H21N3O. The molecule has 1 amide bonds. The fourth-order valence-electron chi connectivity index (χ4n) is 1.89. The molecule has 0 spiro atoms. The molecule has 0 saturated carbocycles. The smallest absolute Gasteiger partial charge is 0.241 e. The van der Waals surface area contributed by atoms with E-state index in [1.807, 2.05) is 11.0 Å². The number of carbonyl (C=O) groups excluding carboxylic acids is 1. The summed E-state index contributed by atoms with van der Waals surface area (Å²) in [5.74, 6) is 0.103. The average molecular weight is 259 g/mol. The van der Waals surface area contributed by atoms with Crippen LogP contribution in [-0.4, -0.2) is 30.4 Å². The molecular weight excluding hydrogens is 238 g/mol. The Bertz CT molecular complexity index is 445. The first-order valence-electron chi connectivity index (χ1n) is 6.73. The summed E-state index contributed by atoms with van der Waals surface area (Å²) in [6, 6.07) is 9.24. The standard InChI is InChI=1S/C15H21N3O/c1-3-8-18(9-4-2)15(19)12-17-14-7-5-6-13(10-14)11-16/h5-7,10,17H,3-4,8-9,12H2,1-2H3. The van der Waals surface area contributed by atoms with Gasteiger partial charge in [-0.3, -0.25) is 4.79 Å². The number of hydrogen-bond donors (Lipinski definition) is 1. The molecule has 0 radical (unpaired) electrons. The molecule has 102 valence electrons. The van der Waals surface area contributed by atoms with Crippen molar-refractivity contribution in [1.82, 2.24) is 4.90 Å². The maximum atomic E-state index is 12.0. The first kappa shape index (κ1) is 15.0. The molecule has 0 fully saturated rings. The molecule has 1 aromatic carbocycles. The van der Waals surface area contributed by atoms with Crippen LogP contribution < -0.4 is 5.32 Å². The summed E-state index contributed by atoms with van der Waals surface area (Å²) in [4.78, 5) is 13.9. The minimum absolute atomic E-state index is 0.103. The Morgan fingerprint density at radius 2 is 2.00 bits per heavy atom. The molecule has 1 N–H and O–H groups in total. The summed E-state index contributed by atoms with van der Waals surface area (Å²) < 4.78 is 0. The van der Waals surface area contributed by atoms with E-state index in [1.54, 1.807) is 18.2 Å². The van der Waals surface area contributed by atoms with Crippen LogP contribution in [0.15, 0.2) is 24.3 Å². The molecule has 0 saturated heterocycles. The number of nitrogens with zero attached hydrogens (tertiary/aromatic N) is 2. The molecule has 0 atom stereocenters. The lowest BCUT2D eigenvalue weighted by atomic mass is 10.2. The van der Waals surface area contributed by atoms with Crippen molar-refractivity contribution in [3.63, 3.8) is 0 Å². The Morgan fingerprint density at radius 1 is 1.32 bits per heavy atom. The largest absolute Gasteiger partial charge is 0.376 e. The monoisotopic (exact) mass is 259 g/mol. The summed E-state index contributed by atoms with van der Waals surface area (Å²) in [6.07, 6.45) is 1.94. The Kier molecular flexibility index (Phi) is 6.45. The van der Waals surface area contributed by atoms with Gasteiger partial charge in [0.15, 0.2) is 0 Å². The third-order valence-electron chi connectivity index (χ3n) is 2.78. The van der Waals surface area contributed by atoms with Crippen LogP contribution >= 0.6 is 0 Å². The fraction of sp³-hybridized carbons (Fsp3) is 0.467. The third kappa shape index (κ3) is 5.01. The number of anilines is 1. The van der Waals surface area contributed by atoms with Crippen LogP contribution in [0.3, 0.4) is 0 Å². The van der Waals surface area contributed by atoms with E-state index in [1.165, 1.54) is 0 Å². The molecule has 0 unspecified atom stereocenters. The van der Waals surface area contributed by atoms with Gasteiger partial charge in [-0.2, -0.15) is 5.26 Å². The highest BCUT2D eigenvalue weighted by atomic mass is 16.2. The maximum absolute atomic E-state index is 12.0. The van der Waals surface area contributed by atoms with Crippen molar-refractivity contribution in [1.29, 1.82) is 5.26 Å². The minimum atomic E-state index is 0.103. The van der Waals surface area contributed by atoms with Gasteiger partial charge in [-0.05, 0) is 31.0 Å². The molecule has 0 heterocycles. The molecule has 19 heavy (non-hydrogen) atoms. The Balaban J connectivity index is 2.54. The maximum Gasteiger partial charge on any atom is 0.241 e. The van der Waals surface area contributed by atoms with Crippen LogP contribution in [0.25, 0.3) is 0 Å². The van der Waals surface area contributed by atoms with Crippen LogP contribution in [0.5, 0.6) is 0 Å². The number of hydrogen-bond acceptors (Lipinski definition) is 3. The average Bonchev–Trinajstić information content (AvgIpc) is 2.44. The third-order valence-corrected chi connectivity index (χ3v) is 2.78. The number of benzene rings is 1. The molecule has 1 rings (SSSR count). The minimum Gasteiger partial charge on any atom is -0.376 e. The van der Waals surface area contributed by atoms with Crippen LogP contribution in [0.1, 0.15) is 32.3 Å². The van der Waals surface area contributed by atoms with Crippen molar-refractivity contribution in [3.8, 4) is 6.07 Å². The van der Waals surface area contributed by atoms with Crippen molar-refractivity contribution in [2.45, 2.75) is 26.7 Å². The highest BCUT2D eigenvalue weighted by molar-refractivity contribution is 5.80. The summed E-state index contributed by atoms with van der Waals surface area (Å²) in [7, 11) is 0. The van der Waals surface area contributed by atoms with Gasteiger partial charge in [0.2, 0.25) is 5.91 Å². The zero-order valence-corrected chi connectivity index (χ0v) is 11.6. The Morgan fingerprint density at radius 3 is 2.58 bits per heavy atom. The fourth-order valence-corrected chi connectivity index (χ4v) is 1.89. The van der Waals surface area contributed by atoms with Gasteiger partial charge in [0.1, 0.15) is 0 Å². The lowest BCUT2D eigenvalue weighted by Crippen LogP contribution is -2.36. The van der Waals surface area contributed by atoms with Gasteiger partial charge in [-0.15, -0.1) is 0 Å². The van der Waals surface area contributed by atoms with Gasteiger partial charge in [0, 0.05) is 18.8 Å². The van der Waals surface area contributed by atoms with Crippen molar-refractivity contribution >= 4 is 11.6 Å². The van der Waals surface area contributed by atoms with E-state index < -0.39 is 0 Å². The molecule has 0 aromatic heterocycles. The van der Waals surface area contributed by atoms with E-state index >= 15 is 0 Å². The van der Waals surface area contributed by atoms with E-state index in [0.29, 0.717) is 5.56 Å². The normalized spacial score (nSPS) is 9.74. The number of nitriles is 1. The van der Waals surface area contributed by atoms with Crippen molar-refractivity contribution in [2.75, 3.05) is 25.0 Å². The second-order valence-corrected chi connectivity index (χ2v) is 4.43. The van der Waals surface area contributed by atoms with E-state index in [-0.39, 0.29) is 12.5 Å². The highest BCUT2D eigenvalue weighted by Crippen LogP contribution is 2.09. The zero-order valence-electron chi connectivity index (χ0n) is 11.6. The van der Waals surface area contributed by atoms with Crippen LogP contribution in [0.4, 0.5) is 5.69 Å². The number of nitrogens with one attached hydrogen (secondary N) is 1. The quantitative estimate of drug-likeness (QED) is 0.819. The number of carbonyl (C=O) groups is 1. The summed E-state index contributed by atoms with van der Waals surface area (Å²) in [6.45, 7) is 6.01. The lowest BCUT2D eigenvalue weighted by molar-refractivity contribution is -0.129. The highest BCUT2D eigenvalue weighted by Gasteiger charge is 2.10. The van der Waals surface area contributed by atoms with Crippen LogP contribution in [-0.2, 0) is 4.79 Å². The molecule has 1 aromatic rings. The van der Waals surface area contributed by atoms with Gasteiger partial charge in [-0.25, -0.2) is 0 Å². The van der Waals surface area contributed by atoms with E-state index in [4.69, 9.17) is 5.26 Å². The van der Waals surface area contributed by atoms with Gasteiger partial charge >= 0.3 is 0 Å². The van der Waals surface area contributed by atoms with Gasteiger partial charge < -0.3 is 10.2 Å². The molecule has 4 nitrogen and oxygen atoms in total. The molecule has 0 aliphatic heterocycles. The summed E-state index contributed by atoms with van der Waals surface area (Å²) in [5.41, 5.74) is 1.40. The summed E-state index contributed by atoms with van der Waals surface area (Å²) >= 11 is 0. The number of amides is 1. The molecule has 0 bridgehead atoms. The van der Waals surface area contributed by atoms with E-state index in [2.05, 4.69) is 25.2 Å². The van der Waals surface area contributed by atoms with Crippen molar-refractivity contribution in [2.24, 2.45) is 0 Å². The molecule has 4 heteroatoms. The van der Waals surface area contributed by atoms with Gasteiger partial charge in [0.05, 0.1) is 18.2 Å². The van der Waals surface area contributed by atoms with Gasteiger partial charge in [0.25, 0.3) is 0 Å². The van der Waals surface area contributed by atoms with Gasteiger partial charge in [-0.1, -0.05) is 19.9 Å². The SMILES string of the molecule is CCCN(CCC)C(=O)CNc1cccc(C#N)c1. The topological polar surface area (TPSA) is 56.1 Å². The van der Waals surface area contributed by atoms with E-state index in [0.717, 1.165) is 31.6 Å². The molecule has 0 aliphatic carbocycles. The van der Waals surface area contributed by atoms with Crippen LogP contribution in [0.2, 0.25) is 0 Å². The van der Waals surface area contributed by atoms with Crippen molar-refractivity contribution in [3.05, 3.63) is 29.8 Å². The predicted molar refractivity (Wildman–Crippen MR) is 76.8 cm³/mol. The lowest BCUT2D eigenvalue weighted by Gasteiger charge is -2.21. The number of rotatable bonds is 7. The Labute approximate surface area is 115 Å². The zero-order chi connectivity index (χ0) is 14.1. The first-order chi connectivity index (χ1) is 9.21. The second kappa shape index (κ2) is 8.15. The Hall–Kier alpha value is -2.02. The van der Waals surface area contributed by atoms with Crippen LogP contribution in [0, 0.1) is 11.3 Å². The second-order valence-electron chi connectivity index (χ2n) is 4.43. The van der Waals surface area contributed by atoms with Crippen molar-refractivity contribution < 1.29 is 4.79 Å². The molecule has 0 aliphatic rings. The first-order valence-corrected chi connectivity index (χ1v) is 6.73. The summed E-state index contributed by atoms with van der Waals surface area (Å²) in [5, 5.41) is 11.9.